The summed E-state index contributed by atoms with van der Waals surface area (Å²) in [5.74, 6) is -0.0398. The SMILES string of the molecule is N#Cc1ccc(C(=O)c2ccc(Br)cc2)cc1. The van der Waals surface area contributed by atoms with Crippen LogP contribution in [0, 0.1) is 11.3 Å². The summed E-state index contributed by atoms with van der Waals surface area (Å²) in [5.41, 5.74) is 1.78. The van der Waals surface area contributed by atoms with Crippen molar-refractivity contribution in [2.24, 2.45) is 0 Å². The van der Waals surface area contributed by atoms with Crippen molar-refractivity contribution in [2.75, 3.05) is 0 Å². The van der Waals surface area contributed by atoms with E-state index in [1.165, 1.54) is 0 Å². The monoisotopic (exact) mass is 285 g/mol. The Morgan fingerprint density at radius 2 is 1.41 bits per heavy atom. The molecule has 0 saturated carbocycles. The normalized spacial score (nSPS) is 9.65. The molecule has 0 atom stereocenters. The summed E-state index contributed by atoms with van der Waals surface area (Å²) in [4.78, 5) is 12.1. The number of carbonyl (C=O) groups is 1. The smallest absolute Gasteiger partial charge is 0.193 e. The highest BCUT2D eigenvalue weighted by atomic mass is 79.9. The second-order valence-corrected chi connectivity index (χ2v) is 4.44. The van der Waals surface area contributed by atoms with Gasteiger partial charge in [0.2, 0.25) is 0 Å². The molecule has 0 aliphatic carbocycles. The van der Waals surface area contributed by atoms with E-state index in [1.807, 2.05) is 18.2 Å². The first-order chi connectivity index (χ1) is 8.20. The molecule has 82 valence electrons. The minimum atomic E-state index is -0.0398. The van der Waals surface area contributed by atoms with Gasteiger partial charge in [0.25, 0.3) is 0 Å². The van der Waals surface area contributed by atoms with Crippen LogP contribution in [-0.2, 0) is 0 Å². The van der Waals surface area contributed by atoms with Gasteiger partial charge in [-0.2, -0.15) is 5.26 Å². The summed E-state index contributed by atoms with van der Waals surface area (Å²) < 4.78 is 0.939. The average Bonchev–Trinajstić information content (AvgIpc) is 2.39. The molecule has 0 aliphatic rings. The number of nitriles is 1. The van der Waals surface area contributed by atoms with E-state index in [2.05, 4.69) is 15.9 Å². The van der Waals surface area contributed by atoms with Gasteiger partial charge in [0.15, 0.2) is 5.78 Å². The lowest BCUT2D eigenvalue weighted by atomic mass is 10.0. The van der Waals surface area contributed by atoms with Crippen LogP contribution in [0.4, 0.5) is 0 Å². The fourth-order valence-corrected chi connectivity index (χ4v) is 1.73. The molecule has 0 unspecified atom stereocenters. The molecule has 2 aromatic rings. The van der Waals surface area contributed by atoms with Gasteiger partial charge in [0, 0.05) is 15.6 Å². The molecule has 0 heterocycles. The van der Waals surface area contributed by atoms with Gasteiger partial charge >= 0.3 is 0 Å². The first-order valence-corrected chi connectivity index (χ1v) is 5.80. The standard InChI is InChI=1S/C14H8BrNO/c15-13-7-5-12(6-8-13)14(17)11-3-1-10(9-16)2-4-11/h1-8H. The van der Waals surface area contributed by atoms with Crippen LogP contribution in [0.2, 0.25) is 0 Å². The van der Waals surface area contributed by atoms with Crippen LogP contribution < -0.4 is 0 Å². The van der Waals surface area contributed by atoms with Crippen molar-refractivity contribution in [2.45, 2.75) is 0 Å². The third-order valence-corrected chi connectivity index (χ3v) is 2.91. The highest BCUT2D eigenvalue weighted by Gasteiger charge is 2.08. The van der Waals surface area contributed by atoms with Gasteiger partial charge in [-0.25, -0.2) is 0 Å². The number of hydrogen-bond donors (Lipinski definition) is 0. The number of benzene rings is 2. The van der Waals surface area contributed by atoms with Crippen LogP contribution in [0.1, 0.15) is 21.5 Å². The molecule has 3 heteroatoms. The Balaban J connectivity index is 2.31. The molecule has 0 aromatic heterocycles. The number of nitrogens with zero attached hydrogens (tertiary/aromatic N) is 1. The zero-order valence-corrected chi connectivity index (χ0v) is 10.4. The molecule has 2 aromatic carbocycles. The molecule has 0 N–H and O–H groups in total. The Morgan fingerprint density at radius 1 is 0.941 bits per heavy atom. The van der Waals surface area contributed by atoms with Gasteiger partial charge in [-0.15, -0.1) is 0 Å². The summed E-state index contributed by atoms with van der Waals surface area (Å²) in [5, 5.41) is 8.67. The molecule has 0 fully saturated rings. The van der Waals surface area contributed by atoms with E-state index in [4.69, 9.17) is 5.26 Å². The van der Waals surface area contributed by atoms with Crippen LogP contribution in [0.15, 0.2) is 53.0 Å². The van der Waals surface area contributed by atoms with Gasteiger partial charge in [0.1, 0.15) is 0 Å². The average molecular weight is 286 g/mol. The molecule has 17 heavy (non-hydrogen) atoms. The van der Waals surface area contributed by atoms with Crippen molar-refractivity contribution >= 4 is 21.7 Å². The maximum Gasteiger partial charge on any atom is 0.193 e. The molecule has 0 saturated heterocycles. The van der Waals surface area contributed by atoms with Crippen molar-refractivity contribution in [3.05, 3.63) is 69.7 Å². The first-order valence-electron chi connectivity index (χ1n) is 5.01. The highest BCUT2D eigenvalue weighted by Crippen LogP contribution is 2.14. The fourth-order valence-electron chi connectivity index (χ4n) is 1.46. The quantitative estimate of drug-likeness (QED) is 0.792. The molecule has 0 amide bonds. The maximum absolute atomic E-state index is 12.1. The lowest BCUT2D eigenvalue weighted by Crippen LogP contribution is -2.00. The van der Waals surface area contributed by atoms with Crippen molar-refractivity contribution in [3.63, 3.8) is 0 Å². The van der Waals surface area contributed by atoms with Crippen LogP contribution >= 0.6 is 15.9 Å². The molecule has 0 bridgehead atoms. The Bertz CT molecular complexity index is 579. The lowest BCUT2D eigenvalue weighted by Gasteiger charge is -2.01. The second-order valence-electron chi connectivity index (χ2n) is 3.53. The lowest BCUT2D eigenvalue weighted by molar-refractivity contribution is 0.103. The van der Waals surface area contributed by atoms with Gasteiger partial charge in [-0.05, 0) is 48.5 Å². The predicted molar refractivity (Wildman–Crippen MR) is 68.7 cm³/mol. The van der Waals surface area contributed by atoms with Crippen molar-refractivity contribution in [1.29, 1.82) is 5.26 Å². The van der Waals surface area contributed by atoms with Gasteiger partial charge in [-0.1, -0.05) is 15.9 Å². The van der Waals surface area contributed by atoms with E-state index in [1.54, 1.807) is 36.4 Å². The van der Waals surface area contributed by atoms with E-state index in [-0.39, 0.29) is 5.78 Å². The summed E-state index contributed by atoms with van der Waals surface area (Å²) in [6, 6.07) is 15.8. The van der Waals surface area contributed by atoms with Gasteiger partial charge in [-0.3, -0.25) is 4.79 Å². The third kappa shape index (κ3) is 2.61. The number of hydrogen-bond acceptors (Lipinski definition) is 2. The molecule has 2 nitrogen and oxygen atoms in total. The number of rotatable bonds is 2. The van der Waals surface area contributed by atoms with Gasteiger partial charge in [0.05, 0.1) is 11.6 Å². The second kappa shape index (κ2) is 4.94. The van der Waals surface area contributed by atoms with E-state index < -0.39 is 0 Å². The van der Waals surface area contributed by atoms with Crippen molar-refractivity contribution in [3.8, 4) is 6.07 Å². The fraction of sp³-hybridized carbons (Fsp3) is 0. The Morgan fingerprint density at radius 3 is 1.88 bits per heavy atom. The van der Waals surface area contributed by atoms with E-state index in [0.29, 0.717) is 16.7 Å². The topological polar surface area (TPSA) is 40.9 Å². The predicted octanol–water partition coefficient (Wildman–Crippen LogP) is 3.55. The molecular formula is C14H8BrNO. The summed E-state index contributed by atoms with van der Waals surface area (Å²) in [6.07, 6.45) is 0. The zero-order valence-electron chi connectivity index (χ0n) is 8.85. The maximum atomic E-state index is 12.1. The van der Waals surface area contributed by atoms with Crippen molar-refractivity contribution in [1.82, 2.24) is 0 Å². The molecule has 2 rings (SSSR count). The molecular weight excluding hydrogens is 278 g/mol. The minimum absolute atomic E-state index is 0.0398. The number of ketones is 1. The van der Waals surface area contributed by atoms with Crippen LogP contribution in [0.3, 0.4) is 0 Å². The van der Waals surface area contributed by atoms with Gasteiger partial charge < -0.3 is 0 Å². The Labute approximate surface area is 108 Å². The van der Waals surface area contributed by atoms with Crippen LogP contribution in [0.5, 0.6) is 0 Å². The summed E-state index contributed by atoms with van der Waals surface area (Å²) in [7, 11) is 0. The third-order valence-electron chi connectivity index (χ3n) is 2.38. The first kappa shape index (κ1) is 11.6. The van der Waals surface area contributed by atoms with Crippen LogP contribution in [-0.4, -0.2) is 5.78 Å². The number of halogens is 1. The largest absolute Gasteiger partial charge is 0.289 e. The van der Waals surface area contributed by atoms with E-state index >= 15 is 0 Å². The summed E-state index contributed by atoms with van der Waals surface area (Å²) >= 11 is 3.32. The molecule has 0 spiro atoms. The van der Waals surface area contributed by atoms with Crippen LogP contribution in [0.25, 0.3) is 0 Å². The molecule has 0 radical (unpaired) electrons. The Kier molecular flexibility index (Phi) is 3.36. The van der Waals surface area contributed by atoms with Crippen molar-refractivity contribution < 1.29 is 4.79 Å². The summed E-state index contributed by atoms with van der Waals surface area (Å²) in [6.45, 7) is 0. The van der Waals surface area contributed by atoms with E-state index in [0.717, 1.165) is 4.47 Å². The number of carbonyl (C=O) groups excluding carboxylic acids is 1. The Hall–Kier alpha value is -1.92. The highest BCUT2D eigenvalue weighted by molar-refractivity contribution is 9.10. The zero-order chi connectivity index (χ0) is 12.3. The molecule has 0 aliphatic heterocycles. The minimum Gasteiger partial charge on any atom is -0.289 e. The van der Waals surface area contributed by atoms with E-state index in [9.17, 15) is 4.79 Å².